The number of hydrogen-bond acceptors (Lipinski definition) is 3. The Morgan fingerprint density at radius 2 is 2.36 bits per heavy atom. The molecule has 3 N–H and O–H groups in total. The fourth-order valence-corrected chi connectivity index (χ4v) is 1.57. The molecule has 0 radical (unpaired) electrons. The Kier molecular flexibility index (Phi) is 4.19. The lowest BCUT2D eigenvalue weighted by Crippen LogP contribution is -2.34. The van der Waals surface area contributed by atoms with Gasteiger partial charge >= 0.3 is 0 Å². The minimum absolute atomic E-state index is 0.128. The summed E-state index contributed by atoms with van der Waals surface area (Å²) in [6.07, 6.45) is 0. The number of benzene rings is 1. The van der Waals surface area contributed by atoms with Crippen LogP contribution in [0.3, 0.4) is 0 Å². The van der Waals surface area contributed by atoms with E-state index in [2.05, 4.69) is 15.9 Å². The zero-order valence-electron chi connectivity index (χ0n) is 7.09. The van der Waals surface area contributed by atoms with Gasteiger partial charge in [0.2, 0.25) is 0 Å². The molecule has 0 unspecified atom stereocenters. The molecular weight excluding hydrogens is 271 g/mol. The third kappa shape index (κ3) is 3.17. The van der Waals surface area contributed by atoms with Crippen molar-refractivity contribution in [1.29, 1.82) is 0 Å². The number of hydrogen-bond donors (Lipinski definition) is 2. The van der Waals surface area contributed by atoms with E-state index in [1.807, 2.05) is 5.43 Å². The van der Waals surface area contributed by atoms with Crippen LogP contribution in [-0.2, 0) is 4.79 Å². The highest BCUT2D eigenvalue weighted by Crippen LogP contribution is 2.27. The molecule has 0 saturated heterocycles. The van der Waals surface area contributed by atoms with Crippen molar-refractivity contribution >= 4 is 33.4 Å². The molecule has 0 saturated carbocycles. The fourth-order valence-electron chi connectivity index (χ4n) is 0.777. The summed E-state index contributed by atoms with van der Waals surface area (Å²) < 4.78 is 5.84. The van der Waals surface area contributed by atoms with Gasteiger partial charge in [0.05, 0.1) is 4.47 Å². The summed E-state index contributed by atoms with van der Waals surface area (Å²) in [5, 5.41) is 0.590. The number of nitrogens with one attached hydrogen (secondary N) is 1. The van der Waals surface area contributed by atoms with Gasteiger partial charge in [0.25, 0.3) is 5.91 Å². The summed E-state index contributed by atoms with van der Waals surface area (Å²) in [6, 6.07) is 5.01. The molecule has 0 fully saturated rings. The highest BCUT2D eigenvalue weighted by molar-refractivity contribution is 9.10. The molecule has 0 aromatic heterocycles. The van der Waals surface area contributed by atoms with Gasteiger partial charge in [-0.15, -0.1) is 0 Å². The summed E-state index contributed by atoms with van der Waals surface area (Å²) in [4.78, 5) is 10.8. The van der Waals surface area contributed by atoms with Gasteiger partial charge in [-0.25, -0.2) is 5.84 Å². The first kappa shape index (κ1) is 11.3. The molecule has 4 nitrogen and oxygen atoms in total. The number of nitrogens with two attached hydrogens (primary N) is 1. The number of carbonyl (C=O) groups excluding carboxylic acids is 1. The maximum atomic E-state index is 10.8. The fraction of sp³-hybridized carbons (Fsp3) is 0.125. The Morgan fingerprint density at radius 1 is 1.64 bits per heavy atom. The van der Waals surface area contributed by atoms with Crippen molar-refractivity contribution in [3.05, 3.63) is 27.7 Å². The molecule has 1 rings (SSSR count). The first-order chi connectivity index (χ1) is 6.63. The Balaban J connectivity index is 2.63. The van der Waals surface area contributed by atoms with Crippen LogP contribution in [0.2, 0.25) is 5.02 Å². The molecule has 76 valence electrons. The van der Waals surface area contributed by atoms with Crippen LogP contribution in [0.4, 0.5) is 0 Å². The van der Waals surface area contributed by atoms with E-state index in [9.17, 15) is 4.79 Å². The number of rotatable bonds is 3. The number of ether oxygens (including phenoxy) is 1. The summed E-state index contributed by atoms with van der Waals surface area (Å²) in [5.41, 5.74) is 1.96. The van der Waals surface area contributed by atoms with Crippen molar-refractivity contribution in [3.8, 4) is 5.75 Å². The van der Waals surface area contributed by atoms with Crippen molar-refractivity contribution in [2.75, 3.05) is 6.61 Å². The average Bonchev–Trinajstić information content (AvgIpc) is 2.16. The first-order valence-electron chi connectivity index (χ1n) is 3.71. The molecule has 0 bridgehead atoms. The summed E-state index contributed by atoms with van der Waals surface area (Å²) in [5.74, 6) is 5.03. The number of hydrazine groups is 1. The predicted octanol–water partition coefficient (Wildman–Crippen LogP) is 1.47. The normalized spacial score (nSPS) is 9.64. The van der Waals surface area contributed by atoms with Gasteiger partial charge in [-0.05, 0) is 34.1 Å². The highest BCUT2D eigenvalue weighted by Gasteiger charge is 2.04. The minimum atomic E-state index is -0.396. The van der Waals surface area contributed by atoms with E-state index in [1.54, 1.807) is 18.2 Å². The lowest BCUT2D eigenvalue weighted by atomic mass is 10.3. The Hall–Kier alpha value is -0.780. The lowest BCUT2D eigenvalue weighted by molar-refractivity contribution is -0.123. The standard InChI is InChI=1S/C8H8BrClN2O2/c9-6-3-5(10)1-2-7(6)14-4-8(13)12-11/h1-3H,4,11H2,(H,12,13). The molecule has 1 aromatic carbocycles. The van der Waals surface area contributed by atoms with Crippen LogP contribution < -0.4 is 16.0 Å². The van der Waals surface area contributed by atoms with Gasteiger partial charge in [-0.2, -0.15) is 0 Å². The largest absolute Gasteiger partial charge is 0.483 e. The molecular formula is C8H8BrClN2O2. The van der Waals surface area contributed by atoms with Gasteiger partial charge in [-0.3, -0.25) is 10.2 Å². The molecule has 0 aliphatic carbocycles. The molecule has 0 spiro atoms. The molecule has 0 aliphatic rings. The number of halogens is 2. The monoisotopic (exact) mass is 278 g/mol. The average molecular weight is 280 g/mol. The Labute approximate surface area is 94.5 Å². The lowest BCUT2D eigenvalue weighted by Gasteiger charge is -2.06. The maximum Gasteiger partial charge on any atom is 0.271 e. The molecule has 0 aliphatic heterocycles. The summed E-state index contributed by atoms with van der Waals surface area (Å²) >= 11 is 8.97. The predicted molar refractivity (Wildman–Crippen MR) is 57.0 cm³/mol. The summed E-state index contributed by atoms with van der Waals surface area (Å²) in [6.45, 7) is -0.128. The van der Waals surface area contributed by atoms with Crippen LogP contribution in [0, 0.1) is 0 Å². The van der Waals surface area contributed by atoms with Gasteiger partial charge < -0.3 is 4.74 Å². The molecule has 1 aromatic rings. The van der Waals surface area contributed by atoms with Gasteiger partial charge in [0.15, 0.2) is 6.61 Å². The minimum Gasteiger partial charge on any atom is -0.483 e. The second kappa shape index (κ2) is 5.19. The Bertz CT molecular complexity index is 346. The Morgan fingerprint density at radius 3 is 2.93 bits per heavy atom. The smallest absolute Gasteiger partial charge is 0.271 e. The maximum absolute atomic E-state index is 10.8. The SMILES string of the molecule is NNC(=O)COc1ccc(Cl)cc1Br. The summed E-state index contributed by atoms with van der Waals surface area (Å²) in [7, 11) is 0. The van der Waals surface area contributed by atoms with E-state index >= 15 is 0 Å². The quantitative estimate of drug-likeness (QED) is 0.500. The van der Waals surface area contributed by atoms with E-state index in [4.69, 9.17) is 22.2 Å². The topological polar surface area (TPSA) is 64.3 Å². The molecule has 0 heterocycles. The molecule has 14 heavy (non-hydrogen) atoms. The van der Waals surface area contributed by atoms with E-state index in [0.29, 0.717) is 15.2 Å². The second-order valence-corrected chi connectivity index (χ2v) is 3.72. The van der Waals surface area contributed by atoms with Crippen LogP contribution in [0.1, 0.15) is 0 Å². The zero-order valence-corrected chi connectivity index (χ0v) is 9.43. The third-order valence-corrected chi connectivity index (χ3v) is 2.27. The van der Waals surface area contributed by atoms with Gasteiger partial charge in [0, 0.05) is 5.02 Å². The first-order valence-corrected chi connectivity index (χ1v) is 4.88. The van der Waals surface area contributed by atoms with Gasteiger partial charge in [-0.1, -0.05) is 11.6 Å². The zero-order chi connectivity index (χ0) is 10.6. The van der Waals surface area contributed by atoms with Crippen LogP contribution in [0.15, 0.2) is 22.7 Å². The van der Waals surface area contributed by atoms with Crippen molar-refractivity contribution in [2.24, 2.45) is 5.84 Å². The number of carbonyl (C=O) groups is 1. The second-order valence-electron chi connectivity index (χ2n) is 2.43. The van der Waals surface area contributed by atoms with Crippen LogP contribution in [0.5, 0.6) is 5.75 Å². The van der Waals surface area contributed by atoms with Gasteiger partial charge in [0.1, 0.15) is 5.75 Å². The van der Waals surface area contributed by atoms with E-state index in [-0.39, 0.29) is 6.61 Å². The van der Waals surface area contributed by atoms with E-state index < -0.39 is 5.91 Å². The van der Waals surface area contributed by atoms with Crippen molar-refractivity contribution in [2.45, 2.75) is 0 Å². The van der Waals surface area contributed by atoms with Crippen molar-refractivity contribution < 1.29 is 9.53 Å². The molecule has 6 heteroatoms. The van der Waals surface area contributed by atoms with E-state index in [0.717, 1.165) is 0 Å². The molecule has 0 atom stereocenters. The molecule has 1 amide bonds. The van der Waals surface area contributed by atoms with Crippen molar-refractivity contribution in [3.63, 3.8) is 0 Å². The number of amides is 1. The highest BCUT2D eigenvalue weighted by atomic mass is 79.9. The van der Waals surface area contributed by atoms with Crippen LogP contribution in [0.25, 0.3) is 0 Å². The van der Waals surface area contributed by atoms with Crippen molar-refractivity contribution in [1.82, 2.24) is 5.43 Å². The third-order valence-electron chi connectivity index (χ3n) is 1.41. The van der Waals surface area contributed by atoms with Crippen LogP contribution >= 0.6 is 27.5 Å². The van der Waals surface area contributed by atoms with E-state index in [1.165, 1.54) is 0 Å². The van der Waals surface area contributed by atoms with Crippen LogP contribution in [-0.4, -0.2) is 12.5 Å².